The SMILES string of the molecule is C#CCN1CC(=O)C2=C1CCN(C)C2. The first-order valence-corrected chi connectivity index (χ1v) is 4.84. The van der Waals surface area contributed by atoms with Crippen LogP contribution in [0.4, 0.5) is 0 Å². The van der Waals surface area contributed by atoms with Crippen molar-refractivity contribution in [3.8, 4) is 12.3 Å². The van der Waals surface area contributed by atoms with Crippen LogP contribution in [0.3, 0.4) is 0 Å². The second-order valence-corrected chi connectivity index (χ2v) is 3.90. The average molecular weight is 190 g/mol. The molecule has 3 heteroatoms. The van der Waals surface area contributed by atoms with Crippen molar-refractivity contribution < 1.29 is 4.79 Å². The Kier molecular flexibility index (Phi) is 2.30. The number of ketones is 1. The molecule has 0 aliphatic carbocycles. The van der Waals surface area contributed by atoms with Gasteiger partial charge in [-0.3, -0.25) is 4.79 Å². The number of Topliss-reactive ketones (excluding diaryl/α,β-unsaturated/α-hetero) is 1. The van der Waals surface area contributed by atoms with Gasteiger partial charge in [-0.15, -0.1) is 6.42 Å². The Hall–Kier alpha value is -1.27. The molecular formula is C11H14N2O. The summed E-state index contributed by atoms with van der Waals surface area (Å²) in [7, 11) is 2.04. The lowest BCUT2D eigenvalue weighted by molar-refractivity contribution is -0.115. The molecule has 0 aromatic carbocycles. The first-order valence-electron chi connectivity index (χ1n) is 4.84. The van der Waals surface area contributed by atoms with Crippen LogP contribution in [0.1, 0.15) is 6.42 Å². The van der Waals surface area contributed by atoms with Gasteiger partial charge >= 0.3 is 0 Å². The maximum Gasteiger partial charge on any atom is 0.181 e. The van der Waals surface area contributed by atoms with Gasteiger partial charge in [-0.25, -0.2) is 0 Å². The van der Waals surface area contributed by atoms with Gasteiger partial charge in [-0.05, 0) is 7.05 Å². The molecule has 2 aliphatic rings. The molecule has 0 saturated carbocycles. The van der Waals surface area contributed by atoms with Gasteiger partial charge in [-0.2, -0.15) is 0 Å². The van der Waals surface area contributed by atoms with Crippen LogP contribution in [-0.4, -0.2) is 48.8 Å². The Labute approximate surface area is 84.4 Å². The van der Waals surface area contributed by atoms with E-state index in [1.807, 2.05) is 11.9 Å². The van der Waals surface area contributed by atoms with Crippen molar-refractivity contribution in [1.82, 2.24) is 9.80 Å². The van der Waals surface area contributed by atoms with E-state index >= 15 is 0 Å². The molecule has 0 fully saturated rings. The largest absolute Gasteiger partial charge is 0.356 e. The van der Waals surface area contributed by atoms with Crippen LogP contribution in [-0.2, 0) is 4.79 Å². The molecule has 2 aliphatic heterocycles. The summed E-state index contributed by atoms with van der Waals surface area (Å²) >= 11 is 0. The van der Waals surface area contributed by atoms with Crippen LogP contribution in [0, 0.1) is 12.3 Å². The van der Waals surface area contributed by atoms with E-state index in [9.17, 15) is 4.79 Å². The van der Waals surface area contributed by atoms with Crippen molar-refractivity contribution in [2.24, 2.45) is 0 Å². The lowest BCUT2D eigenvalue weighted by Crippen LogP contribution is -2.30. The molecule has 2 rings (SSSR count). The van der Waals surface area contributed by atoms with E-state index in [4.69, 9.17) is 6.42 Å². The van der Waals surface area contributed by atoms with E-state index in [1.54, 1.807) is 0 Å². The highest BCUT2D eigenvalue weighted by Gasteiger charge is 2.31. The molecule has 14 heavy (non-hydrogen) atoms. The highest BCUT2D eigenvalue weighted by molar-refractivity contribution is 6.00. The van der Waals surface area contributed by atoms with Crippen LogP contribution < -0.4 is 0 Å². The monoisotopic (exact) mass is 190 g/mol. The molecule has 74 valence electrons. The van der Waals surface area contributed by atoms with Gasteiger partial charge in [0.15, 0.2) is 5.78 Å². The molecule has 0 aromatic heterocycles. The van der Waals surface area contributed by atoms with Crippen molar-refractivity contribution in [2.45, 2.75) is 6.42 Å². The molecule has 0 spiro atoms. The summed E-state index contributed by atoms with van der Waals surface area (Å²) in [6.45, 7) is 2.86. The number of carbonyl (C=O) groups excluding carboxylic acids is 1. The van der Waals surface area contributed by atoms with Crippen molar-refractivity contribution >= 4 is 5.78 Å². The summed E-state index contributed by atoms with van der Waals surface area (Å²) in [4.78, 5) is 15.9. The third-order valence-corrected chi connectivity index (χ3v) is 2.84. The van der Waals surface area contributed by atoms with Gasteiger partial charge < -0.3 is 9.80 Å². The predicted octanol–water partition coefficient (Wildman–Crippen LogP) is 0.0939. The Balaban J connectivity index is 2.23. The summed E-state index contributed by atoms with van der Waals surface area (Å²) in [6.07, 6.45) is 6.22. The third kappa shape index (κ3) is 1.42. The average Bonchev–Trinajstić information content (AvgIpc) is 2.44. The van der Waals surface area contributed by atoms with Crippen molar-refractivity contribution in [1.29, 1.82) is 0 Å². The lowest BCUT2D eigenvalue weighted by atomic mass is 10.1. The van der Waals surface area contributed by atoms with Gasteiger partial charge in [0.2, 0.25) is 0 Å². The molecule has 0 bridgehead atoms. The minimum atomic E-state index is 0.252. The molecule has 0 aromatic rings. The summed E-state index contributed by atoms with van der Waals surface area (Å²) in [5.74, 6) is 2.85. The Bertz CT molecular complexity index is 338. The van der Waals surface area contributed by atoms with Gasteiger partial charge in [0.1, 0.15) is 0 Å². The van der Waals surface area contributed by atoms with Crippen LogP contribution in [0.2, 0.25) is 0 Å². The first kappa shape index (κ1) is 9.29. The molecule has 3 nitrogen and oxygen atoms in total. The van der Waals surface area contributed by atoms with Gasteiger partial charge in [0, 0.05) is 30.8 Å². The summed E-state index contributed by atoms with van der Waals surface area (Å²) in [5, 5.41) is 0. The number of hydrogen-bond acceptors (Lipinski definition) is 3. The second kappa shape index (κ2) is 3.47. The fourth-order valence-electron chi connectivity index (χ4n) is 2.11. The quantitative estimate of drug-likeness (QED) is 0.548. The second-order valence-electron chi connectivity index (χ2n) is 3.90. The molecule has 0 radical (unpaired) electrons. The minimum absolute atomic E-state index is 0.252. The van der Waals surface area contributed by atoms with Crippen LogP contribution in [0.15, 0.2) is 11.3 Å². The summed E-state index contributed by atoms with van der Waals surface area (Å²) in [6, 6.07) is 0. The number of rotatable bonds is 1. The predicted molar refractivity (Wildman–Crippen MR) is 54.6 cm³/mol. The van der Waals surface area contributed by atoms with E-state index in [2.05, 4.69) is 10.8 Å². The van der Waals surface area contributed by atoms with E-state index in [1.165, 1.54) is 5.70 Å². The molecule has 0 N–H and O–H groups in total. The summed E-state index contributed by atoms with van der Waals surface area (Å²) in [5.41, 5.74) is 2.17. The topological polar surface area (TPSA) is 23.6 Å². The molecule has 0 saturated heterocycles. The standard InChI is InChI=1S/C11H14N2O/c1-3-5-13-8-11(14)9-7-12(2)6-4-10(9)13/h1H,4-8H2,2H3. The van der Waals surface area contributed by atoms with Gasteiger partial charge in [-0.1, -0.05) is 5.92 Å². The minimum Gasteiger partial charge on any atom is -0.356 e. The van der Waals surface area contributed by atoms with E-state index < -0.39 is 0 Å². The molecule has 2 heterocycles. The lowest BCUT2D eigenvalue weighted by Gasteiger charge is -2.26. The normalized spacial score (nSPS) is 22.6. The Morgan fingerprint density at radius 3 is 3.00 bits per heavy atom. The zero-order chi connectivity index (χ0) is 10.1. The fourth-order valence-corrected chi connectivity index (χ4v) is 2.11. The first-order chi connectivity index (χ1) is 6.72. The highest BCUT2D eigenvalue weighted by Crippen LogP contribution is 2.26. The van der Waals surface area contributed by atoms with Gasteiger partial charge in [0.05, 0.1) is 13.1 Å². The van der Waals surface area contributed by atoms with Crippen molar-refractivity contribution in [2.75, 3.05) is 33.2 Å². The van der Waals surface area contributed by atoms with Crippen LogP contribution >= 0.6 is 0 Å². The zero-order valence-electron chi connectivity index (χ0n) is 8.42. The number of terminal acetylenes is 1. The Morgan fingerprint density at radius 1 is 1.50 bits per heavy atom. The highest BCUT2D eigenvalue weighted by atomic mass is 16.1. The number of likely N-dealkylation sites (N-methyl/N-ethyl adjacent to an activating group) is 1. The maximum absolute atomic E-state index is 11.6. The maximum atomic E-state index is 11.6. The molecule has 0 amide bonds. The molecule has 0 unspecified atom stereocenters. The Morgan fingerprint density at radius 2 is 2.29 bits per heavy atom. The third-order valence-electron chi connectivity index (χ3n) is 2.84. The van der Waals surface area contributed by atoms with E-state index in [0.29, 0.717) is 13.1 Å². The van der Waals surface area contributed by atoms with Crippen LogP contribution in [0.5, 0.6) is 0 Å². The number of hydrogen-bond donors (Lipinski definition) is 0. The van der Waals surface area contributed by atoms with Crippen LogP contribution in [0.25, 0.3) is 0 Å². The number of nitrogens with zero attached hydrogens (tertiary/aromatic N) is 2. The molecular weight excluding hydrogens is 176 g/mol. The van der Waals surface area contributed by atoms with Gasteiger partial charge in [0.25, 0.3) is 0 Å². The number of carbonyl (C=O) groups is 1. The molecule has 0 atom stereocenters. The summed E-state index contributed by atoms with van der Waals surface area (Å²) < 4.78 is 0. The van der Waals surface area contributed by atoms with E-state index in [0.717, 1.165) is 25.1 Å². The van der Waals surface area contributed by atoms with Crippen molar-refractivity contribution in [3.05, 3.63) is 11.3 Å². The smallest absolute Gasteiger partial charge is 0.181 e. The zero-order valence-corrected chi connectivity index (χ0v) is 8.42. The van der Waals surface area contributed by atoms with Crippen molar-refractivity contribution in [3.63, 3.8) is 0 Å². The van der Waals surface area contributed by atoms with E-state index in [-0.39, 0.29) is 5.78 Å². The fraction of sp³-hybridized carbons (Fsp3) is 0.545.